The van der Waals surface area contributed by atoms with Crippen LogP contribution in [-0.2, 0) is 6.54 Å². The Morgan fingerprint density at radius 2 is 1.81 bits per heavy atom. The van der Waals surface area contributed by atoms with E-state index in [4.69, 9.17) is 16.6 Å². The largest absolute Gasteiger partial charge is 0.396 e. The molecule has 1 aromatic heterocycles. The van der Waals surface area contributed by atoms with Crippen molar-refractivity contribution in [1.82, 2.24) is 14.5 Å². The summed E-state index contributed by atoms with van der Waals surface area (Å²) in [4.78, 5) is 34.1. The van der Waals surface area contributed by atoms with Crippen molar-refractivity contribution in [3.8, 4) is 0 Å². The van der Waals surface area contributed by atoms with Crippen LogP contribution in [0.2, 0.25) is 5.02 Å². The first-order chi connectivity index (χ1) is 17.4. The summed E-state index contributed by atoms with van der Waals surface area (Å²) < 4.78 is 1.66. The van der Waals surface area contributed by atoms with Crippen LogP contribution in [0.1, 0.15) is 53.1 Å². The number of rotatable bonds is 9. The molecule has 0 saturated carbocycles. The monoisotopic (exact) mass is 503 g/mol. The standard InChI is InChI=1S/C29H30ClN3O3/c1-3-26(32(16-7-17-34)28(35)22-12-10-20(2)11-13-22)27-31-25-18-23(30)14-15-24(25)29(36)33(27)19-21-8-5-4-6-9-21/h4-6,8-15,18,26,34H,3,7,16-17,19H2,1-2H3. The van der Waals surface area contributed by atoms with E-state index in [1.54, 1.807) is 39.8 Å². The third-order valence-electron chi connectivity index (χ3n) is 6.31. The van der Waals surface area contributed by atoms with Crippen LogP contribution in [0.5, 0.6) is 0 Å². The maximum absolute atomic E-state index is 13.7. The van der Waals surface area contributed by atoms with Crippen LogP contribution in [0.15, 0.2) is 77.6 Å². The van der Waals surface area contributed by atoms with Crippen LogP contribution in [0.4, 0.5) is 0 Å². The van der Waals surface area contributed by atoms with E-state index in [2.05, 4.69) is 0 Å². The molecule has 0 aliphatic rings. The first-order valence-corrected chi connectivity index (χ1v) is 12.5. The Kier molecular flexibility index (Phi) is 8.18. The molecule has 1 amide bonds. The molecule has 1 N–H and O–H groups in total. The molecule has 0 radical (unpaired) electrons. The summed E-state index contributed by atoms with van der Waals surface area (Å²) in [5.74, 6) is 0.335. The minimum Gasteiger partial charge on any atom is -0.396 e. The van der Waals surface area contributed by atoms with Gasteiger partial charge in [-0.2, -0.15) is 0 Å². The molecule has 4 aromatic rings. The van der Waals surface area contributed by atoms with Crippen LogP contribution >= 0.6 is 11.6 Å². The van der Waals surface area contributed by atoms with Crippen molar-refractivity contribution in [3.63, 3.8) is 0 Å². The van der Waals surface area contributed by atoms with E-state index in [0.29, 0.717) is 53.2 Å². The number of carbonyl (C=O) groups is 1. The van der Waals surface area contributed by atoms with Gasteiger partial charge in [-0.1, -0.05) is 66.6 Å². The SMILES string of the molecule is CCC(c1nc2cc(Cl)ccc2c(=O)n1Cc1ccccc1)N(CCCO)C(=O)c1ccc(C)cc1. The predicted octanol–water partition coefficient (Wildman–Crippen LogP) is 5.38. The zero-order valence-electron chi connectivity index (χ0n) is 20.5. The van der Waals surface area contributed by atoms with Crippen LogP contribution in [0, 0.1) is 6.92 Å². The molecule has 7 heteroatoms. The molecule has 0 aliphatic heterocycles. The lowest BCUT2D eigenvalue weighted by atomic mass is 10.1. The molecular weight excluding hydrogens is 474 g/mol. The Morgan fingerprint density at radius 3 is 2.47 bits per heavy atom. The van der Waals surface area contributed by atoms with Gasteiger partial charge in [0.2, 0.25) is 0 Å². The summed E-state index contributed by atoms with van der Waals surface area (Å²) in [5.41, 5.74) is 2.88. The number of carbonyl (C=O) groups excluding carboxylic acids is 1. The fourth-order valence-electron chi connectivity index (χ4n) is 4.43. The van der Waals surface area contributed by atoms with E-state index in [1.165, 1.54) is 0 Å². The second kappa shape index (κ2) is 11.5. The van der Waals surface area contributed by atoms with Crippen molar-refractivity contribution < 1.29 is 9.90 Å². The molecule has 4 rings (SSSR count). The van der Waals surface area contributed by atoms with E-state index in [0.717, 1.165) is 11.1 Å². The maximum Gasteiger partial charge on any atom is 0.261 e. The lowest BCUT2D eigenvalue weighted by Gasteiger charge is -2.32. The van der Waals surface area contributed by atoms with Gasteiger partial charge in [-0.25, -0.2) is 4.98 Å². The van der Waals surface area contributed by atoms with Crippen LogP contribution in [0.25, 0.3) is 10.9 Å². The fraction of sp³-hybridized carbons (Fsp3) is 0.276. The van der Waals surface area contributed by atoms with Gasteiger partial charge >= 0.3 is 0 Å². The van der Waals surface area contributed by atoms with Gasteiger partial charge < -0.3 is 10.0 Å². The Hall–Kier alpha value is -3.48. The number of hydrogen-bond acceptors (Lipinski definition) is 4. The Morgan fingerprint density at radius 1 is 1.08 bits per heavy atom. The number of nitrogens with zero attached hydrogens (tertiary/aromatic N) is 3. The van der Waals surface area contributed by atoms with Gasteiger partial charge in [0.25, 0.3) is 11.5 Å². The number of aromatic nitrogens is 2. The zero-order valence-corrected chi connectivity index (χ0v) is 21.3. The molecule has 3 aromatic carbocycles. The van der Waals surface area contributed by atoms with Crippen molar-refractivity contribution >= 4 is 28.4 Å². The molecule has 1 unspecified atom stereocenters. The van der Waals surface area contributed by atoms with E-state index >= 15 is 0 Å². The highest BCUT2D eigenvalue weighted by molar-refractivity contribution is 6.31. The molecule has 0 saturated heterocycles. The molecular formula is C29H30ClN3O3. The number of amides is 1. The maximum atomic E-state index is 13.7. The van der Waals surface area contributed by atoms with Crippen LogP contribution < -0.4 is 5.56 Å². The summed E-state index contributed by atoms with van der Waals surface area (Å²) in [6.45, 7) is 4.55. The molecule has 1 heterocycles. The number of benzene rings is 3. The van der Waals surface area contributed by atoms with E-state index in [-0.39, 0.29) is 18.1 Å². The number of aryl methyl sites for hydroxylation is 1. The highest BCUT2D eigenvalue weighted by Gasteiger charge is 2.29. The number of halogens is 1. The molecule has 186 valence electrons. The normalized spacial score (nSPS) is 12.0. The first-order valence-electron chi connectivity index (χ1n) is 12.1. The average molecular weight is 504 g/mol. The van der Waals surface area contributed by atoms with Crippen molar-refractivity contribution in [2.45, 2.75) is 39.3 Å². The minimum atomic E-state index is -0.481. The Balaban J connectivity index is 1.89. The summed E-state index contributed by atoms with van der Waals surface area (Å²) >= 11 is 6.24. The average Bonchev–Trinajstić information content (AvgIpc) is 2.89. The van der Waals surface area contributed by atoms with E-state index in [1.807, 2.05) is 56.3 Å². The highest BCUT2D eigenvalue weighted by atomic mass is 35.5. The molecule has 1 atom stereocenters. The predicted molar refractivity (Wildman–Crippen MR) is 144 cm³/mol. The van der Waals surface area contributed by atoms with Gasteiger partial charge in [0, 0.05) is 23.7 Å². The third kappa shape index (κ3) is 5.50. The third-order valence-corrected chi connectivity index (χ3v) is 6.54. The fourth-order valence-corrected chi connectivity index (χ4v) is 4.60. The van der Waals surface area contributed by atoms with Gasteiger partial charge in [-0.05, 0) is 55.7 Å². The molecule has 0 fully saturated rings. The molecule has 6 nitrogen and oxygen atoms in total. The van der Waals surface area contributed by atoms with Gasteiger partial charge in [-0.15, -0.1) is 0 Å². The van der Waals surface area contributed by atoms with E-state index < -0.39 is 6.04 Å². The summed E-state index contributed by atoms with van der Waals surface area (Å²) in [7, 11) is 0. The summed E-state index contributed by atoms with van der Waals surface area (Å²) in [5, 5.41) is 10.5. The Labute approximate surface area is 215 Å². The van der Waals surface area contributed by atoms with Crippen molar-refractivity contribution in [3.05, 3.63) is 111 Å². The number of aliphatic hydroxyl groups is 1. The topological polar surface area (TPSA) is 75.4 Å². The van der Waals surface area contributed by atoms with Gasteiger partial charge in [-0.3, -0.25) is 14.2 Å². The van der Waals surface area contributed by atoms with Gasteiger partial charge in [0.1, 0.15) is 5.82 Å². The van der Waals surface area contributed by atoms with Crippen LogP contribution in [-0.4, -0.2) is 38.6 Å². The zero-order chi connectivity index (χ0) is 25.7. The van der Waals surface area contributed by atoms with E-state index in [9.17, 15) is 14.7 Å². The van der Waals surface area contributed by atoms with Crippen molar-refractivity contribution in [2.24, 2.45) is 0 Å². The molecule has 0 aliphatic carbocycles. The lowest BCUT2D eigenvalue weighted by molar-refractivity contribution is 0.0642. The van der Waals surface area contributed by atoms with Gasteiger partial charge in [0.15, 0.2) is 0 Å². The van der Waals surface area contributed by atoms with Crippen molar-refractivity contribution in [1.29, 1.82) is 0 Å². The second-order valence-electron chi connectivity index (χ2n) is 8.87. The summed E-state index contributed by atoms with van der Waals surface area (Å²) in [6, 6.07) is 21.7. The molecule has 0 spiro atoms. The smallest absolute Gasteiger partial charge is 0.261 e. The van der Waals surface area contributed by atoms with Crippen molar-refractivity contribution in [2.75, 3.05) is 13.2 Å². The lowest BCUT2D eigenvalue weighted by Crippen LogP contribution is -2.40. The minimum absolute atomic E-state index is 0.0499. The second-order valence-corrected chi connectivity index (χ2v) is 9.31. The molecule has 36 heavy (non-hydrogen) atoms. The number of hydrogen-bond donors (Lipinski definition) is 1. The molecule has 0 bridgehead atoms. The number of aliphatic hydroxyl groups excluding tert-OH is 1. The number of fused-ring (bicyclic) bond motifs is 1. The Bertz CT molecular complexity index is 1400. The summed E-state index contributed by atoms with van der Waals surface area (Å²) in [6.07, 6.45) is 0.951. The highest BCUT2D eigenvalue weighted by Crippen LogP contribution is 2.27. The van der Waals surface area contributed by atoms with Crippen LogP contribution in [0.3, 0.4) is 0 Å². The first kappa shape index (κ1) is 25.6. The van der Waals surface area contributed by atoms with Gasteiger partial charge in [0.05, 0.1) is 23.5 Å². The quantitative estimate of drug-likeness (QED) is 0.332.